The second-order valence-electron chi connectivity index (χ2n) is 7.48. The molecule has 1 aliphatic heterocycles. The van der Waals surface area contributed by atoms with Gasteiger partial charge >= 0.3 is 0 Å². The van der Waals surface area contributed by atoms with Gasteiger partial charge in [0.25, 0.3) is 0 Å². The Morgan fingerprint density at radius 1 is 0.963 bits per heavy atom. The molecule has 1 aliphatic carbocycles. The van der Waals surface area contributed by atoms with Crippen LogP contribution in [0.15, 0.2) is 34.1 Å². The fourth-order valence-electron chi connectivity index (χ4n) is 3.74. The molecule has 0 unspecified atom stereocenters. The van der Waals surface area contributed by atoms with Crippen LogP contribution in [0.25, 0.3) is 0 Å². The third-order valence-electron chi connectivity index (χ3n) is 5.76. The summed E-state index contributed by atoms with van der Waals surface area (Å²) in [6, 6.07) is 5.38. The number of ether oxygens (including phenoxy) is 1. The summed E-state index contributed by atoms with van der Waals surface area (Å²) in [5.74, 6) is 0.752. The molecule has 0 bridgehead atoms. The van der Waals surface area contributed by atoms with Gasteiger partial charge in [-0.05, 0) is 42.5 Å². The Morgan fingerprint density at radius 2 is 1.56 bits per heavy atom. The van der Waals surface area contributed by atoms with Crippen molar-refractivity contribution in [3.8, 4) is 0 Å². The average molecular weight is 417 g/mol. The standard InChI is InChI=1S/C18H28N2O5S2/c1-14-4-3-5-18(15(14)2)19-26(21,22)16-6-8-17(9-7-16)27(23,24)20-10-12-25-13-11-20/h6-9,14-15,18-19H,3-5,10-13H2,1-2H3/t14-,15+,18-/m0/s1. The summed E-state index contributed by atoms with van der Waals surface area (Å²) in [4.78, 5) is 0.192. The molecule has 7 nitrogen and oxygen atoms in total. The molecule has 1 aromatic carbocycles. The first-order valence-electron chi connectivity index (χ1n) is 9.42. The van der Waals surface area contributed by atoms with Gasteiger partial charge in [-0.1, -0.05) is 26.7 Å². The number of hydrogen-bond donors (Lipinski definition) is 1. The first-order valence-corrected chi connectivity index (χ1v) is 12.3. The van der Waals surface area contributed by atoms with E-state index >= 15 is 0 Å². The number of hydrogen-bond acceptors (Lipinski definition) is 5. The largest absolute Gasteiger partial charge is 0.379 e. The van der Waals surface area contributed by atoms with Crippen LogP contribution in [0.5, 0.6) is 0 Å². The third kappa shape index (κ3) is 4.54. The molecule has 0 amide bonds. The molecule has 2 fully saturated rings. The van der Waals surface area contributed by atoms with Crippen molar-refractivity contribution in [1.29, 1.82) is 0 Å². The predicted octanol–water partition coefficient (Wildman–Crippen LogP) is 1.81. The Kier molecular flexibility index (Phi) is 6.27. The Hall–Kier alpha value is -1.00. The van der Waals surface area contributed by atoms with Gasteiger partial charge in [-0.3, -0.25) is 0 Å². The highest BCUT2D eigenvalue weighted by Gasteiger charge is 2.31. The van der Waals surface area contributed by atoms with E-state index in [1.165, 1.54) is 28.6 Å². The number of nitrogens with one attached hydrogen (secondary N) is 1. The normalized spacial score (nSPS) is 28.1. The van der Waals surface area contributed by atoms with Gasteiger partial charge < -0.3 is 4.74 Å². The highest BCUT2D eigenvalue weighted by molar-refractivity contribution is 7.89. The molecule has 1 saturated heterocycles. The monoisotopic (exact) mass is 416 g/mol. The van der Waals surface area contributed by atoms with Crippen LogP contribution in [-0.4, -0.2) is 53.5 Å². The molecule has 1 N–H and O–H groups in total. The highest BCUT2D eigenvalue weighted by Crippen LogP contribution is 2.30. The van der Waals surface area contributed by atoms with Gasteiger partial charge in [0.1, 0.15) is 0 Å². The van der Waals surface area contributed by atoms with E-state index in [0.29, 0.717) is 32.2 Å². The second-order valence-corrected chi connectivity index (χ2v) is 11.1. The first-order chi connectivity index (χ1) is 12.7. The lowest BCUT2D eigenvalue weighted by Crippen LogP contribution is -2.43. The van der Waals surface area contributed by atoms with Crippen LogP contribution in [0.4, 0.5) is 0 Å². The lowest BCUT2D eigenvalue weighted by molar-refractivity contribution is 0.0730. The quantitative estimate of drug-likeness (QED) is 0.790. The van der Waals surface area contributed by atoms with Gasteiger partial charge in [-0.25, -0.2) is 21.6 Å². The Morgan fingerprint density at radius 3 is 2.19 bits per heavy atom. The minimum absolute atomic E-state index is 0.0875. The predicted molar refractivity (Wildman–Crippen MR) is 102 cm³/mol. The topological polar surface area (TPSA) is 92.8 Å². The van der Waals surface area contributed by atoms with Crippen LogP contribution in [-0.2, 0) is 24.8 Å². The number of nitrogens with zero attached hydrogens (tertiary/aromatic N) is 1. The summed E-state index contributed by atoms with van der Waals surface area (Å²) in [5, 5.41) is 0. The van der Waals surface area contributed by atoms with E-state index in [9.17, 15) is 16.8 Å². The summed E-state index contributed by atoms with van der Waals surface area (Å²) in [5.41, 5.74) is 0. The van der Waals surface area contributed by atoms with E-state index in [2.05, 4.69) is 18.6 Å². The van der Waals surface area contributed by atoms with Gasteiger partial charge in [0.2, 0.25) is 20.0 Å². The van der Waals surface area contributed by atoms with E-state index in [1.54, 1.807) is 0 Å². The van der Waals surface area contributed by atoms with Crippen LogP contribution in [0.2, 0.25) is 0 Å². The van der Waals surface area contributed by atoms with Crippen molar-refractivity contribution in [1.82, 2.24) is 9.03 Å². The van der Waals surface area contributed by atoms with Gasteiger partial charge in [-0.2, -0.15) is 4.31 Å². The van der Waals surface area contributed by atoms with Crippen molar-refractivity contribution in [2.75, 3.05) is 26.3 Å². The van der Waals surface area contributed by atoms with Gasteiger partial charge in [-0.15, -0.1) is 0 Å². The maximum absolute atomic E-state index is 12.7. The van der Waals surface area contributed by atoms with Crippen LogP contribution < -0.4 is 4.72 Å². The summed E-state index contributed by atoms with van der Waals surface area (Å²) in [7, 11) is -7.31. The molecular formula is C18H28N2O5S2. The van der Waals surface area contributed by atoms with E-state index in [-0.39, 0.29) is 21.8 Å². The molecule has 1 heterocycles. The van der Waals surface area contributed by atoms with E-state index < -0.39 is 20.0 Å². The van der Waals surface area contributed by atoms with Crippen molar-refractivity contribution in [3.05, 3.63) is 24.3 Å². The second kappa shape index (κ2) is 8.16. The van der Waals surface area contributed by atoms with E-state index in [4.69, 9.17) is 4.74 Å². The molecule has 152 valence electrons. The number of rotatable bonds is 5. The minimum Gasteiger partial charge on any atom is -0.379 e. The molecule has 0 spiro atoms. The van der Waals surface area contributed by atoms with Gasteiger partial charge in [0.05, 0.1) is 23.0 Å². The van der Waals surface area contributed by atoms with Crippen LogP contribution in [0.3, 0.4) is 0 Å². The first kappa shape index (κ1) is 20.7. The maximum atomic E-state index is 12.7. The third-order valence-corrected chi connectivity index (χ3v) is 9.17. The van der Waals surface area contributed by atoms with Crippen LogP contribution in [0, 0.1) is 11.8 Å². The van der Waals surface area contributed by atoms with Crippen molar-refractivity contribution in [2.24, 2.45) is 11.8 Å². The molecule has 1 saturated carbocycles. The SMILES string of the molecule is C[C@H]1[C@@H](NS(=O)(=O)c2ccc(S(=O)(=O)N3CCOCC3)cc2)CCC[C@@H]1C. The van der Waals surface area contributed by atoms with E-state index in [1.807, 2.05) is 0 Å². The molecule has 0 radical (unpaired) electrons. The smallest absolute Gasteiger partial charge is 0.243 e. The minimum atomic E-state index is -3.68. The summed E-state index contributed by atoms with van der Waals surface area (Å²) in [6.45, 7) is 5.58. The lowest BCUT2D eigenvalue weighted by atomic mass is 9.78. The summed E-state index contributed by atoms with van der Waals surface area (Å²) < 4.78 is 60.1. The van der Waals surface area contributed by atoms with Crippen molar-refractivity contribution >= 4 is 20.0 Å². The average Bonchev–Trinajstić information content (AvgIpc) is 2.66. The fraction of sp³-hybridized carbons (Fsp3) is 0.667. The molecule has 3 atom stereocenters. The fourth-order valence-corrected chi connectivity index (χ4v) is 6.51. The number of morpholine rings is 1. The highest BCUT2D eigenvalue weighted by atomic mass is 32.2. The van der Waals surface area contributed by atoms with Crippen molar-refractivity contribution < 1.29 is 21.6 Å². The molecule has 1 aromatic rings. The Bertz CT molecular complexity index is 846. The van der Waals surface area contributed by atoms with Crippen molar-refractivity contribution in [2.45, 2.75) is 48.9 Å². The molecule has 2 aliphatic rings. The number of benzene rings is 1. The molecular weight excluding hydrogens is 388 g/mol. The Labute approximate surface area is 162 Å². The van der Waals surface area contributed by atoms with Gasteiger partial charge in [0.15, 0.2) is 0 Å². The molecule has 9 heteroatoms. The summed E-state index contributed by atoms with van der Waals surface area (Å²) in [6.07, 6.45) is 2.96. The summed E-state index contributed by atoms with van der Waals surface area (Å²) >= 11 is 0. The number of sulfonamides is 2. The van der Waals surface area contributed by atoms with Gasteiger partial charge in [0, 0.05) is 19.1 Å². The molecule has 3 rings (SSSR count). The van der Waals surface area contributed by atoms with E-state index in [0.717, 1.165) is 19.3 Å². The molecule has 0 aromatic heterocycles. The van der Waals surface area contributed by atoms with Crippen molar-refractivity contribution in [3.63, 3.8) is 0 Å². The maximum Gasteiger partial charge on any atom is 0.243 e. The zero-order chi connectivity index (χ0) is 19.7. The Balaban J connectivity index is 1.76. The molecule has 27 heavy (non-hydrogen) atoms. The zero-order valence-electron chi connectivity index (χ0n) is 15.8. The lowest BCUT2D eigenvalue weighted by Gasteiger charge is -2.34. The zero-order valence-corrected chi connectivity index (χ0v) is 17.4. The van der Waals surface area contributed by atoms with Crippen LogP contribution >= 0.6 is 0 Å². The van der Waals surface area contributed by atoms with Crippen LogP contribution in [0.1, 0.15) is 33.1 Å².